The normalized spacial score (nSPS) is 13.4. The highest BCUT2D eigenvalue weighted by Gasteiger charge is 2.47. The Morgan fingerprint density at radius 3 is 1.62 bits per heavy atom. The van der Waals surface area contributed by atoms with Gasteiger partial charge in [-0.1, -0.05) is 115 Å². The van der Waals surface area contributed by atoms with Crippen LogP contribution in [0, 0.1) is 0 Å². The molecule has 0 aliphatic heterocycles. The first-order valence-corrected chi connectivity index (χ1v) is 10.9. The van der Waals surface area contributed by atoms with Crippen LogP contribution in [0.1, 0.15) is 22.3 Å². The topological polar surface area (TPSA) is 20.2 Å². The highest BCUT2D eigenvalue weighted by Crippen LogP contribution is 2.58. The Bertz CT molecular complexity index is 1360. The van der Waals surface area contributed by atoms with Gasteiger partial charge < -0.3 is 5.11 Å². The first-order chi connectivity index (χ1) is 15.8. The summed E-state index contributed by atoms with van der Waals surface area (Å²) >= 11 is 0. The van der Waals surface area contributed by atoms with Crippen molar-refractivity contribution in [1.29, 1.82) is 0 Å². The number of fused-ring (bicyclic) bond motifs is 3. The van der Waals surface area contributed by atoms with E-state index in [0.717, 1.165) is 5.56 Å². The van der Waals surface area contributed by atoms with Crippen LogP contribution in [-0.2, 0) is 5.41 Å². The molecule has 5 aromatic carbocycles. The third kappa shape index (κ3) is 2.58. The van der Waals surface area contributed by atoms with E-state index < -0.39 is 5.41 Å². The molecule has 0 saturated heterocycles. The number of benzene rings is 5. The molecule has 0 saturated carbocycles. The van der Waals surface area contributed by atoms with Crippen LogP contribution in [0.4, 0.5) is 0 Å². The van der Waals surface area contributed by atoms with Crippen LogP contribution in [0.15, 0.2) is 127 Å². The van der Waals surface area contributed by atoms with Crippen LogP contribution in [0.25, 0.3) is 22.3 Å². The van der Waals surface area contributed by atoms with Gasteiger partial charge in [-0.15, -0.1) is 0 Å². The molecule has 5 aromatic rings. The van der Waals surface area contributed by atoms with Gasteiger partial charge in [-0.3, -0.25) is 0 Å². The van der Waals surface area contributed by atoms with E-state index >= 15 is 0 Å². The summed E-state index contributed by atoms with van der Waals surface area (Å²) in [5, 5.41) is 9.90. The number of hydrogen-bond donors (Lipinski definition) is 1. The maximum Gasteiger partial charge on any atom is 0.115 e. The smallest absolute Gasteiger partial charge is 0.115 e. The largest absolute Gasteiger partial charge is 0.508 e. The molecule has 152 valence electrons. The van der Waals surface area contributed by atoms with Gasteiger partial charge in [0, 0.05) is 0 Å². The van der Waals surface area contributed by atoms with Gasteiger partial charge in [-0.25, -0.2) is 0 Å². The average Bonchev–Trinajstić information content (AvgIpc) is 3.17. The van der Waals surface area contributed by atoms with Gasteiger partial charge in [0.05, 0.1) is 5.41 Å². The van der Waals surface area contributed by atoms with Gasteiger partial charge in [0.1, 0.15) is 5.75 Å². The molecule has 1 N–H and O–H groups in total. The minimum Gasteiger partial charge on any atom is -0.508 e. The molecule has 0 radical (unpaired) electrons. The number of hydrogen-bond acceptors (Lipinski definition) is 1. The summed E-state index contributed by atoms with van der Waals surface area (Å²) in [6, 6.07) is 44.6. The second kappa shape index (κ2) is 7.25. The molecule has 1 aliphatic carbocycles. The van der Waals surface area contributed by atoms with E-state index in [-0.39, 0.29) is 5.75 Å². The Morgan fingerprint density at radius 2 is 0.969 bits per heavy atom. The summed E-state index contributed by atoms with van der Waals surface area (Å²) in [5.74, 6) is 0.280. The zero-order valence-electron chi connectivity index (χ0n) is 17.6. The molecule has 0 spiro atoms. The fraction of sp³-hybridized carbons (Fsp3) is 0.0323. The predicted octanol–water partition coefficient (Wildman–Crippen LogP) is 7.42. The summed E-state index contributed by atoms with van der Waals surface area (Å²) in [4.78, 5) is 0. The van der Waals surface area contributed by atoms with Crippen molar-refractivity contribution in [3.63, 3.8) is 0 Å². The molecule has 1 nitrogen and oxygen atoms in total. The lowest BCUT2D eigenvalue weighted by Gasteiger charge is -2.35. The van der Waals surface area contributed by atoms with Crippen molar-refractivity contribution < 1.29 is 5.11 Å². The molecule has 32 heavy (non-hydrogen) atoms. The lowest BCUT2D eigenvalue weighted by molar-refractivity contribution is 0.475. The van der Waals surface area contributed by atoms with Crippen LogP contribution in [0.2, 0.25) is 0 Å². The molecule has 0 amide bonds. The Hall–Kier alpha value is -4.10. The molecule has 6 rings (SSSR count). The van der Waals surface area contributed by atoms with Crippen LogP contribution in [0.3, 0.4) is 0 Å². The third-order valence-corrected chi connectivity index (χ3v) is 6.65. The van der Waals surface area contributed by atoms with Crippen molar-refractivity contribution >= 4 is 0 Å². The van der Waals surface area contributed by atoms with Crippen molar-refractivity contribution in [1.82, 2.24) is 0 Å². The highest BCUT2D eigenvalue weighted by molar-refractivity contribution is 5.92. The molecular formula is C31H22O. The van der Waals surface area contributed by atoms with Gasteiger partial charge >= 0.3 is 0 Å². The van der Waals surface area contributed by atoms with E-state index in [1.54, 1.807) is 12.1 Å². The zero-order chi connectivity index (χ0) is 21.5. The van der Waals surface area contributed by atoms with Crippen LogP contribution in [0.5, 0.6) is 5.75 Å². The SMILES string of the molecule is Oc1ccc(-c2cccc3c2C(c2ccccc2)(c2ccccc2)c2ccccc2-3)cc1. The molecule has 0 atom stereocenters. The zero-order valence-corrected chi connectivity index (χ0v) is 17.6. The molecule has 1 aliphatic rings. The Labute approximate surface area is 188 Å². The standard InChI is InChI=1S/C31H22O/c32-25-20-18-22(19-21-25)26-15-9-16-28-27-14-7-8-17-29(27)31(30(26)28,23-10-3-1-4-11-23)24-12-5-2-6-13-24/h1-21,32H. The van der Waals surface area contributed by atoms with E-state index in [1.807, 2.05) is 12.1 Å². The minimum atomic E-state index is -0.428. The molecule has 0 fully saturated rings. The fourth-order valence-corrected chi connectivity index (χ4v) is 5.38. The fourth-order valence-electron chi connectivity index (χ4n) is 5.38. The van der Waals surface area contributed by atoms with Crippen molar-refractivity contribution in [3.05, 3.63) is 150 Å². The van der Waals surface area contributed by atoms with Crippen molar-refractivity contribution in [2.75, 3.05) is 0 Å². The van der Waals surface area contributed by atoms with E-state index in [2.05, 4.69) is 103 Å². The summed E-state index contributed by atoms with van der Waals surface area (Å²) in [6.45, 7) is 0. The lowest BCUT2D eigenvalue weighted by Crippen LogP contribution is -2.29. The summed E-state index contributed by atoms with van der Waals surface area (Å²) in [5.41, 5.74) is 9.50. The second-order valence-electron chi connectivity index (χ2n) is 8.30. The second-order valence-corrected chi connectivity index (χ2v) is 8.30. The number of phenolic OH excluding ortho intramolecular Hbond substituents is 1. The van der Waals surface area contributed by atoms with Gasteiger partial charge in [-0.2, -0.15) is 0 Å². The van der Waals surface area contributed by atoms with Crippen LogP contribution < -0.4 is 0 Å². The summed E-state index contributed by atoms with van der Waals surface area (Å²) in [7, 11) is 0. The van der Waals surface area contributed by atoms with E-state index in [9.17, 15) is 5.11 Å². The lowest BCUT2D eigenvalue weighted by atomic mass is 9.66. The molecule has 0 unspecified atom stereocenters. The van der Waals surface area contributed by atoms with Crippen molar-refractivity contribution in [2.45, 2.75) is 5.41 Å². The van der Waals surface area contributed by atoms with E-state index in [0.29, 0.717) is 0 Å². The van der Waals surface area contributed by atoms with Gasteiger partial charge in [-0.05, 0) is 56.6 Å². The van der Waals surface area contributed by atoms with Gasteiger partial charge in [0.15, 0.2) is 0 Å². The Balaban J connectivity index is 1.80. The maximum absolute atomic E-state index is 9.90. The average molecular weight is 411 g/mol. The molecule has 0 bridgehead atoms. The summed E-state index contributed by atoms with van der Waals surface area (Å²) < 4.78 is 0. The van der Waals surface area contributed by atoms with Gasteiger partial charge in [0.2, 0.25) is 0 Å². The number of phenols is 1. The monoisotopic (exact) mass is 410 g/mol. The van der Waals surface area contributed by atoms with Gasteiger partial charge in [0.25, 0.3) is 0 Å². The van der Waals surface area contributed by atoms with Crippen LogP contribution in [-0.4, -0.2) is 5.11 Å². The Morgan fingerprint density at radius 1 is 0.438 bits per heavy atom. The quantitative estimate of drug-likeness (QED) is 0.322. The molecule has 0 heterocycles. The number of aromatic hydroxyl groups is 1. The maximum atomic E-state index is 9.90. The predicted molar refractivity (Wildman–Crippen MR) is 131 cm³/mol. The van der Waals surface area contributed by atoms with Crippen molar-refractivity contribution in [3.8, 4) is 28.0 Å². The van der Waals surface area contributed by atoms with E-state index in [4.69, 9.17) is 0 Å². The van der Waals surface area contributed by atoms with E-state index in [1.165, 1.54) is 38.9 Å². The first kappa shape index (κ1) is 18.7. The summed E-state index contributed by atoms with van der Waals surface area (Å²) in [6.07, 6.45) is 0. The third-order valence-electron chi connectivity index (χ3n) is 6.65. The first-order valence-electron chi connectivity index (χ1n) is 10.9. The van der Waals surface area contributed by atoms with Crippen LogP contribution >= 0.6 is 0 Å². The highest BCUT2D eigenvalue weighted by atomic mass is 16.3. The molecule has 1 heteroatoms. The molecular weight excluding hydrogens is 388 g/mol. The van der Waals surface area contributed by atoms with Crippen molar-refractivity contribution in [2.24, 2.45) is 0 Å². The Kier molecular flexibility index (Phi) is 4.22. The minimum absolute atomic E-state index is 0.280. The molecule has 0 aromatic heterocycles. The number of rotatable bonds is 3.